The Balaban J connectivity index is 1.59. The highest BCUT2D eigenvalue weighted by atomic mass is 15.2. The molecule has 32 heavy (non-hydrogen) atoms. The highest BCUT2D eigenvalue weighted by Gasteiger charge is 2.19. The SMILES string of the molecule is C=C/C(C)=C\C(=C/C)c1ccc2[nH]nc(-c3nc4nccc(N5CCCCC5)c4[nH]3)c2n1. The van der Waals surface area contributed by atoms with E-state index in [-0.39, 0.29) is 0 Å². The molecule has 1 saturated heterocycles. The van der Waals surface area contributed by atoms with Crippen molar-refractivity contribution in [2.45, 2.75) is 33.1 Å². The number of fused-ring (bicyclic) bond motifs is 2. The number of aromatic nitrogens is 6. The van der Waals surface area contributed by atoms with Crippen molar-refractivity contribution >= 4 is 33.5 Å². The lowest BCUT2D eigenvalue weighted by Crippen LogP contribution is -2.29. The maximum atomic E-state index is 4.92. The predicted molar refractivity (Wildman–Crippen MR) is 130 cm³/mol. The molecule has 0 aliphatic carbocycles. The maximum Gasteiger partial charge on any atom is 0.180 e. The van der Waals surface area contributed by atoms with Gasteiger partial charge in [0.15, 0.2) is 17.2 Å². The van der Waals surface area contributed by atoms with Gasteiger partial charge in [0.25, 0.3) is 0 Å². The quantitative estimate of drug-likeness (QED) is 0.417. The number of piperidine rings is 1. The summed E-state index contributed by atoms with van der Waals surface area (Å²) in [5, 5.41) is 7.62. The fourth-order valence-corrected chi connectivity index (χ4v) is 4.24. The molecule has 7 heteroatoms. The molecule has 1 aliphatic rings. The van der Waals surface area contributed by atoms with E-state index in [9.17, 15) is 0 Å². The summed E-state index contributed by atoms with van der Waals surface area (Å²) in [5.74, 6) is 0.674. The summed E-state index contributed by atoms with van der Waals surface area (Å²) >= 11 is 0. The number of nitrogens with zero attached hydrogens (tertiary/aromatic N) is 5. The average Bonchev–Trinajstić information content (AvgIpc) is 3.46. The molecule has 0 radical (unpaired) electrons. The third-order valence-corrected chi connectivity index (χ3v) is 6.01. The van der Waals surface area contributed by atoms with Crippen LogP contribution in [0.5, 0.6) is 0 Å². The topological polar surface area (TPSA) is 86.4 Å². The molecule has 0 amide bonds. The largest absolute Gasteiger partial charge is 0.370 e. The molecule has 0 saturated carbocycles. The molecule has 2 N–H and O–H groups in total. The van der Waals surface area contributed by atoms with E-state index in [1.165, 1.54) is 19.3 Å². The Morgan fingerprint density at radius 1 is 1.12 bits per heavy atom. The van der Waals surface area contributed by atoms with Crippen LogP contribution in [-0.4, -0.2) is 43.2 Å². The summed E-state index contributed by atoms with van der Waals surface area (Å²) in [7, 11) is 0. The smallest absolute Gasteiger partial charge is 0.180 e. The third-order valence-electron chi connectivity index (χ3n) is 6.01. The molecular weight excluding hydrogens is 398 g/mol. The molecule has 0 spiro atoms. The summed E-state index contributed by atoms with van der Waals surface area (Å²) in [4.78, 5) is 20.1. The van der Waals surface area contributed by atoms with Gasteiger partial charge in [0, 0.05) is 19.3 Å². The number of rotatable bonds is 5. The lowest BCUT2D eigenvalue weighted by Gasteiger charge is -2.28. The van der Waals surface area contributed by atoms with Gasteiger partial charge < -0.3 is 9.88 Å². The number of aromatic amines is 2. The minimum absolute atomic E-state index is 0.674. The lowest BCUT2D eigenvalue weighted by atomic mass is 10.1. The number of allylic oxidation sites excluding steroid dienone is 5. The Morgan fingerprint density at radius 2 is 1.97 bits per heavy atom. The van der Waals surface area contributed by atoms with Crippen molar-refractivity contribution < 1.29 is 0 Å². The second kappa shape index (κ2) is 8.42. The molecule has 162 valence electrons. The van der Waals surface area contributed by atoms with Crippen molar-refractivity contribution in [2.75, 3.05) is 18.0 Å². The van der Waals surface area contributed by atoms with Crippen LogP contribution in [0.15, 0.2) is 54.8 Å². The van der Waals surface area contributed by atoms with Gasteiger partial charge in [-0.15, -0.1) is 0 Å². The van der Waals surface area contributed by atoms with Crippen molar-refractivity contribution in [2.24, 2.45) is 0 Å². The maximum absolute atomic E-state index is 4.92. The van der Waals surface area contributed by atoms with Crippen LogP contribution < -0.4 is 4.90 Å². The van der Waals surface area contributed by atoms with Gasteiger partial charge in [0.1, 0.15) is 11.0 Å². The Bertz CT molecular complexity index is 1350. The lowest BCUT2D eigenvalue weighted by molar-refractivity contribution is 0.578. The van der Waals surface area contributed by atoms with Crippen molar-refractivity contribution in [3.05, 3.63) is 60.5 Å². The summed E-state index contributed by atoms with van der Waals surface area (Å²) in [5.41, 5.74) is 8.17. The molecule has 7 nitrogen and oxygen atoms in total. The minimum atomic E-state index is 0.674. The Kier molecular flexibility index (Phi) is 5.31. The fraction of sp³-hybridized carbons (Fsp3) is 0.280. The Labute approximate surface area is 187 Å². The van der Waals surface area contributed by atoms with Crippen LogP contribution in [0.4, 0.5) is 5.69 Å². The van der Waals surface area contributed by atoms with E-state index in [1.54, 1.807) is 0 Å². The van der Waals surface area contributed by atoms with E-state index in [2.05, 4.69) is 49.9 Å². The first-order valence-electron chi connectivity index (χ1n) is 11.1. The summed E-state index contributed by atoms with van der Waals surface area (Å²) in [6.45, 7) is 10.0. The molecule has 1 fully saturated rings. The normalized spacial score (nSPS) is 15.6. The zero-order chi connectivity index (χ0) is 22.1. The van der Waals surface area contributed by atoms with Crippen LogP contribution in [0.3, 0.4) is 0 Å². The van der Waals surface area contributed by atoms with E-state index in [1.807, 2.05) is 38.3 Å². The van der Waals surface area contributed by atoms with Gasteiger partial charge in [-0.05, 0) is 56.9 Å². The third kappa shape index (κ3) is 3.60. The summed E-state index contributed by atoms with van der Waals surface area (Å²) in [6, 6.07) is 6.08. The van der Waals surface area contributed by atoms with Crippen LogP contribution in [-0.2, 0) is 0 Å². The van der Waals surface area contributed by atoms with Crippen molar-refractivity contribution in [1.29, 1.82) is 0 Å². The molecule has 5 heterocycles. The molecule has 1 aliphatic heterocycles. The first-order valence-corrected chi connectivity index (χ1v) is 11.1. The number of hydrogen-bond acceptors (Lipinski definition) is 5. The number of hydrogen-bond donors (Lipinski definition) is 2. The molecule has 0 aromatic carbocycles. The van der Waals surface area contributed by atoms with Crippen molar-refractivity contribution in [3.63, 3.8) is 0 Å². The van der Waals surface area contributed by atoms with Gasteiger partial charge in [-0.1, -0.05) is 30.4 Å². The zero-order valence-corrected chi connectivity index (χ0v) is 18.5. The molecule has 4 aromatic rings. The van der Waals surface area contributed by atoms with Crippen LogP contribution >= 0.6 is 0 Å². The van der Waals surface area contributed by atoms with Gasteiger partial charge in [0.2, 0.25) is 0 Å². The van der Waals surface area contributed by atoms with Gasteiger partial charge in [-0.25, -0.2) is 15.0 Å². The highest BCUT2D eigenvalue weighted by molar-refractivity contribution is 5.93. The van der Waals surface area contributed by atoms with E-state index >= 15 is 0 Å². The van der Waals surface area contributed by atoms with Gasteiger partial charge in [0.05, 0.1) is 16.9 Å². The second-order valence-corrected chi connectivity index (χ2v) is 8.16. The number of nitrogens with one attached hydrogen (secondary N) is 2. The Hall–Kier alpha value is -3.74. The molecule has 4 aromatic heterocycles. The standard InChI is InChI=1S/C25H27N7/c1-4-16(3)15-17(5-2)18-9-10-19-21(27-18)23(31-30-19)25-28-22-20(11-12-26-24(22)29-25)32-13-7-6-8-14-32/h4-5,9-12,15H,1,6-8,13-14H2,2-3H3,(H,30,31)(H,26,28,29)/b16-15-,17-5+. The first-order chi connectivity index (χ1) is 15.7. The van der Waals surface area contributed by atoms with Gasteiger partial charge in [-0.3, -0.25) is 5.10 Å². The minimum Gasteiger partial charge on any atom is -0.370 e. The Morgan fingerprint density at radius 3 is 2.75 bits per heavy atom. The monoisotopic (exact) mass is 425 g/mol. The average molecular weight is 426 g/mol. The van der Waals surface area contributed by atoms with E-state index in [4.69, 9.17) is 9.97 Å². The van der Waals surface area contributed by atoms with Crippen LogP contribution in [0.2, 0.25) is 0 Å². The first kappa shape index (κ1) is 20.2. The van der Waals surface area contributed by atoms with Crippen molar-refractivity contribution in [1.82, 2.24) is 30.1 Å². The molecule has 0 bridgehead atoms. The van der Waals surface area contributed by atoms with E-state index in [0.29, 0.717) is 17.2 Å². The van der Waals surface area contributed by atoms with Crippen LogP contribution in [0.25, 0.3) is 39.3 Å². The van der Waals surface area contributed by atoms with Gasteiger partial charge in [-0.2, -0.15) is 5.10 Å². The second-order valence-electron chi connectivity index (χ2n) is 8.16. The van der Waals surface area contributed by atoms with E-state index < -0.39 is 0 Å². The fourth-order valence-electron chi connectivity index (χ4n) is 4.24. The predicted octanol–water partition coefficient (Wildman–Crippen LogP) is 5.42. The molecule has 5 rings (SSSR count). The number of anilines is 1. The molecule has 0 unspecified atom stereocenters. The van der Waals surface area contributed by atoms with E-state index in [0.717, 1.165) is 52.2 Å². The van der Waals surface area contributed by atoms with Crippen LogP contribution in [0, 0.1) is 0 Å². The molecule has 0 atom stereocenters. The number of pyridine rings is 2. The number of imidazole rings is 1. The highest BCUT2D eigenvalue weighted by Crippen LogP contribution is 2.31. The number of H-pyrrole nitrogens is 2. The van der Waals surface area contributed by atoms with Crippen molar-refractivity contribution in [3.8, 4) is 11.5 Å². The summed E-state index contributed by atoms with van der Waals surface area (Å²) in [6.07, 6.45) is 11.5. The van der Waals surface area contributed by atoms with Crippen LogP contribution in [0.1, 0.15) is 38.8 Å². The summed E-state index contributed by atoms with van der Waals surface area (Å²) < 4.78 is 0. The zero-order valence-electron chi connectivity index (χ0n) is 18.5. The van der Waals surface area contributed by atoms with Gasteiger partial charge >= 0.3 is 0 Å². The molecular formula is C25H27N7.